The summed E-state index contributed by atoms with van der Waals surface area (Å²) in [5.41, 5.74) is 0. The van der Waals surface area contributed by atoms with E-state index in [1.807, 2.05) is 0 Å². The molecule has 2 nitrogen and oxygen atoms in total. The lowest BCUT2D eigenvalue weighted by Crippen LogP contribution is -2.15. The Morgan fingerprint density at radius 2 is 2.14 bits per heavy atom. The summed E-state index contributed by atoms with van der Waals surface area (Å²) in [6.07, 6.45) is 0. The molecule has 0 amide bonds. The van der Waals surface area contributed by atoms with Crippen LogP contribution in [0.5, 0.6) is 0 Å². The summed E-state index contributed by atoms with van der Waals surface area (Å²) in [6, 6.07) is 0. The largest absolute Gasteiger partial charge is 0.139 e. The van der Waals surface area contributed by atoms with Gasteiger partial charge in [0, 0.05) is 0 Å². The predicted molar refractivity (Wildman–Crippen MR) is 30.2 cm³/mol. The lowest BCUT2D eigenvalue weighted by Gasteiger charge is -1.54. The van der Waals surface area contributed by atoms with Crippen LogP contribution in [-0.2, 0) is 0 Å². The molecule has 0 aliphatic rings. The molecule has 7 heavy (non-hydrogen) atoms. The summed E-state index contributed by atoms with van der Waals surface area (Å²) in [5.74, 6) is 0. The van der Waals surface area contributed by atoms with Gasteiger partial charge in [0.2, 0.25) is 0 Å². The maximum atomic E-state index is 3.61. The molecule has 0 atom stereocenters. The standard InChI is InChI=1S/C4H4N2S/c1-3-4(2)7-6-5-3/h1-2H2. The first-order valence-corrected chi connectivity index (χ1v) is 2.54. The van der Waals surface area contributed by atoms with Crippen molar-refractivity contribution in [3.63, 3.8) is 0 Å². The van der Waals surface area contributed by atoms with Crippen molar-refractivity contribution in [1.82, 2.24) is 9.59 Å². The molecule has 36 valence electrons. The summed E-state index contributed by atoms with van der Waals surface area (Å²) in [4.78, 5) is 0. The molecular formula is C4H4N2S. The van der Waals surface area contributed by atoms with Gasteiger partial charge in [0.05, 0.1) is 9.88 Å². The third-order valence-electron chi connectivity index (χ3n) is 0.634. The molecule has 1 heterocycles. The number of hydrogen-bond donors (Lipinski definition) is 0. The molecule has 0 unspecified atom stereocenters. The van der Waals surface area contributed by atoms with Gasteiger partial charge in [-0.15, -0.1) is 5.10 Å². The number of nitrogens with zero attached hydrogens (tertiary/aromatic N) is 2. The minimum absolute atomic E-state index is 0.685. The Balaban J connectivity index is 3.71. The lowest BCUT2D eigenvalue weighted by atomic mass is 10.7. The van der Waals surface area contributed by atoms with E-state index in [9.17, 15) is 0 Å². The van der Waals surface area contributed by atoms with Crippen LogP contribution in [0.3, 0.4) is 0 Å². The number of rotatable bonds is 0. The van der Waals surface area contributed by atoms with E-state index in [1.54, 1.807) is 0 Å². The van der Waals surface area contributed by atoms with E-state index in [4.69, 9.17) is 0 Å². The summed E-state index contributed by atoms with van der Waals surface area (Å²) >= 11 is 1.27. The highest BCUT2D eigenvalue weighted by Crippen LogP contribution is 1.59. The van der Waals surface area contributed by atoms with Gasteiger partial charge in [0.15, 0.2) is 0 Å². The van der Waals surface area contributed by atoms with Crippen LogP contribution < -0.4 is 9.88 Å². The SMILES string of the molecule is C=c1nnsc1=C. The van der Waals surface area contributed by atoms with E-state index in [2.05, 4.69) is 22.7 Å². The molecule has 0 aromatic carbocycles. The first-order valence-electron chi connectivity index (χ1n) is 1.77. The average Bonchev–Trinajstić information content (AvgIpc) is 1.91. The molecule has 0 saturated carbocycles. The van der Waals surface area contributed by atoms with Crippen LogP contribution in [0.1, 0.15) is 0 Å². The van der Waals surface area contributed by atoms with Gasteiger partial charge in [0.25, 0.3) is 0 Å². The van der Waals surface area contributed by atoms with Crippen molar-refractivity contribution in [3.05, 3.63) is 9.88 Å². The third-order valence-corrected chi connectivity index (χ3v) is 1.25. The van der Waals surface area contributed by atoms with Gasteiger partial charge >= 0.3 is 0 Å². The predicted octanol–water partition coefficient (Wildman–Crippen LogP) is -0.641. The Hall–Kier alpha value is -0.700. The summed E-state index contributed by atoms with van der Waals surface area (Å²) in [6.45, 7) is 7.17. The van der Waals surface area contributed by atoms with E-state index in [0.717, 1.165) is 4.53 Å². The van der Waals surface area contributed by atoms with Crippen LogP contribution in [0.4, 0.5) is 0 Å². The van der Waals surface area contributed by atoms with Crippen LogP contribution in [0.25, 0.3) is 13.2 Å². The van der Waals surface area contributed by atoms with Crippen molar-refractivity contribution in [2.24, 2.45) is 0 Å². The zero-order chi connectivity index (χ0) is 5.28. The highest BCUT2D eigenvalue weighted by Gasteiger charge is 1.77. The average molecular weight is 112 g/mol. The monoisotopic (exact) mass is 112 g/mol. The molecule has 0 spiro atoms. The molecule has 0 saturated heterocycles. The van der Waals surface area contributed by atoms with E-state index in [0.29, 0.717) is 5.35 Å². The smallest absolute Gasteiger partial charge is 0.0977 e. The summed E-state index contributed by atoms with van der Waals surface area (Å²) in [5, 5.41) is 4.30. The summed E-state index contributed by atoms with van der Waals surface area (Å²) in [7, 11) is 0. The molecule has 0 radical (unpaired) electrons. The fraction of sp³-hybridized carbons (Fsp3) is 0. The van der Waals surface area contributed by atoms with Crippen molar-refractivity contribution in [1.29, 1.82) is 0 Å². The quantitative estimate of drug-likeness (QED) is 0.446. The fourth-order valence-electron chi connectivity index (χ4n) is 0.227. The Kier molecular flexibility index (Phi) is 0.906. The molecular weight excluding hydrogens is 108 g/mol. The van der Waals surface area contributed by atoms with Crippen LogP contribution >= 0.6 is 11.5 Å². The highest BCUT2D eigenvalue weighted by molar-refractivity contribution is 7.03. The van der Waals surface area contributed by atoms with E-state index < -0.39 is 0 Å². The highest BCUT2D eigenvalue weighted by atomic mass is 32.1. The van der Waals surface area contributed by atoms with Crippen molar-refractivity contribution >= 4 is 24.7 Å². The molecule has 1 aromatic heterocycles. The normalized spacial score (nSPS) is 9.14. The van der Waals surface area contributed by atoms with Crippen LogP contribution in [-0.4, -0.2) is 9.59 Å². The Morgan fingerprint density at radius 3 is 2.29 bits per heavy atom. The van der Waals surface area contributed by atoms with Gasteiger partial charge < -0.3 is 0 Å². The van der Waals surface area contributed by atoms with E-state index in [-0.39, 0.29) is 0 Å². The second-order valence-electron chi connectivity index (χ2n) is 1.14. The topological polar surface area (TPSA) is 25.8 Å². The van der Waals surface area contributed by atoms with Gasteiger partial charge in [-0.1, -0.05) is 17.6 Å². The first-order chi connectivity index (χ1) is 3.30. The molecule has 0 aliphatic heterocycles. The van der Waals surface area contributed by atoms with E-state index in [1.165, 1.54) is 11.5 Å². The van der Waals surface area contributed by atoms with Crippen LogP contribution in [0, 0.1) is 0 Å². The molecule has 1 rings (SSSR count). The maximum Gasteiger partial charge on any atom is 0.0977 e. The van der Waals surface area contributed by atoms with Crippen LogP contribution in [0.2, 0.25) is 0 Å². The Bertz CT molecular complexity index is 214. The Labute approximate surface area is 45.0 Å². The summed E-state index contributed by atoms with van der Waals surface area (Å²) < 4.78 is 4.44. The minimum atomic E-state index is 0.685. The minimum Gasteiger partial charge on any atom is -0.139 e. The van der Waals surface area contributed by atoms with Gasteiger partial charge in [-0.2, -0.15) is 0 Å². The lowest BCUT2D eigenvalue weighted by molar-refractivity contribution is 1.11. The molecule has 0 aliphatic carbocycles. The van der Waals surface area contributed by atoms with Crippen molar-refractivity contribution in [2.45, 2.75) is 0 Å². The van der Waals surface area contributed by atoms with Crippen molar-refractivity contribution in [2.75, 3.05) is 0 Å². The fourth-order valence-corrected chi connectivity index (χ4v) is 0.612. The molecule has 3 heteroatoms. The zero-order valence-electron chi connectivity index (χ0n) is 3.72. The third kappa shape index (κ3) is 0.667. The van der Waals surface area contributed by atoms with Crippen molar-refractivity contribution in [3.8, 4) is 0 Å². The second-order valence-corrected chi connectivity index (χ2v) is 1.98. The zero-order valence-corrected chi connectivity index (χ0v) is 4.53. The van der Waals surface area contributed by atoms with E-state index >= 15 is 0 Å². The van der Waals surface area contributed by atoms with Gasteiger partial charge in [-0.25, -0.2) is 0 Å². The van der Waals surface area contributed by atoms with Gasteiger partial charge in [-0.3, -0.25) is 0 Å². The number of aromatic nitrogens is 2. The molecule has 0 N–H and O–H groups in total. The van der Waals surface area contributed by atoms with Crippen molar-refractivity contribution < 1.29 is 0 Å². The molecule has 0 fully saturated rings. The maximum absolute atomic E-state index is 3.61. The number of hydrogen-bond acceptors (Lipinski definition) is 3. The Morgan fingerprint density at radius 1 is 1.43 bits per heavy atom. The molecule has 1 aromatic rings. The first kappa shape index (κ1) is 4.46. The van der Waals surface area contributed by atoms with Gasteiger partial charge in [-0.05, 0) is 11.5 Å². The molecule has 0 bridgehead atoms. The second kappa shape index (κ2) is 1.42. The van der Waals surface area contributed by atoms with Crippen LogP contribution in [0.15, 0.2) is 0 Å². The van der Waals surface area contributed by atoms with Gasteiger partial charge in [0.1, 0.15) is 0 Å².